The molecule has 0 aliphatic carbocycles. The van der Waals surface area contributed by atoms with E-state index >= 15 is 0 Å². The fraction of sp³-hybridized carbons (Fsp3) is 0.235. The minimum Gasteiger partial charge on any atom is -0.493 e. The molecule has 0 spiro atoms. The van der Waals surface area contributed by atoms with Gasteiger partial charge in [0, 0.05) is 24.7 Å². The number of carbonyl (C=O) groups is 1. The molecule has 0 aromatic heterocycles. The molecule has 0 radical (unpaired) electrons. The molecule has 2 N–H and O–H groups in total. The van der Waals surface area contributed by atoms with E-state index in [9.17, 15) is 17.6 Å². The van der Waals surface area contributed by atoms with Gasteiger partial charge in [0.2, 0.25) is 15.9 Å². The summed E-state index contributed by atoms with van der Waals surface area (Å²) in [6, 6.07) is 7.90. The first kappa shape index (κ1) is 20.9. The monoisotopic (exact) mass is 416 g/mol. The highest BCUT2D eigenvalue weighted by Crippen LogP contribution is 2.29. The molecule has 0 bridgehead atoms. The molecule has 2 aromatic carbocycles. The maximum atomic E-state index is 13.1. The van der Waals surface area contributed by atoms with Crippen molar-refractivity contribution in [3.05, 3.63) is 47.2 Å². The van der Waals surface area contributed by atoms with Crippen LogP contribution in [0.3, 0.4) is 0 Å². The van der Waals surface area contributed by atoms with Crippen LogP contribution < -0.4 is 19.5 Å². The van der Waals surface area contributed by atoms with Crippen molar-refractivity contribution >= 4 is 33.2 Å². The lowest BCUT2D eigenvalue weighted by atomic mass is 10.3. The first-order valence-electron chi connectivity index (χ1n) is 7.73. The second-order valence-electron chi connectivity index (χ2n) is 5.34. The van der Waals surface area contributed by atoms with Crippen LogP contribution in [0.15, 0.2) is 41.3 Å². The molecule has 7 nitrogen and oxygen atoms in total. The fourth-order valence-corrected chi connectivity index (χ4v) is 3.39. The molecule has 1 amide bonds. The topological polar surface area (TPSA) is 93.7 Å². The molecule has 0 saturated heterocycles. The van der Waals surface area contributed by atoms with Crippen LogP contribution in [-0.2, 0) is 14.8 Å². The van der Waals surface area contributed by atoms with Gasteiger partial charge in [0.25, 0.3) is 0 Å². The summed E-state index contributed by atoms with van der Waals surface area (Å²) in [6.07, 6.45) is -0.123. The van der Waals surface area contributed by atoms with E-state index in [1.54, 1.807) is 0 Å². The van der Waals surface area contributed by atoms with Crippen LogP contribution in [0.2, 0.25) is 5.02 Å². The number of nitrogens with one attached hydrogen (secondary N) is 2. The fourth-order valence-electron chi connectivity index (χ4n) is 2.16. The van der Waals surface area contributed by atoms with Gasteiger partial charge in [0.1, 0.15) is 5.82 Å². The second-order valence-corrected chi connectivity index (χ2v) is 7.52. The Kier molecular flexibility index (Phi) is 7.00. The number of anilines is 1. The number of sulfonamides is 1. The Bertz CT molecular complexity index is 937. The van der Waals surface area contributed by atoms with Crippen LogP contribution in [0, 0.1) is 5.82 Å². The van der Waals surface area contributed by atoms with Crippen molar-refractivity contribution in [3.8, 4) is 11.5 Å². The van der Waals surface area contributed by atoms with Crippen LogP contribution in [0.1, 0.15) is 6.42 Å². The highest BCUT2D eigenvalue weighted by molar-refractivity contribution is 7.89. The smallest absolute Gasteiger partial charge is 0.240 e. The Morgan fingerprint density at radius 1 is 1.11 bits per heavy atom. The standard InChI is InChI=1S/C17H18ClFN2O5S/c1-25-15-6-4-12(10-16(15)26-2)27(23,24)20-8-7-17(22)21-11-3-5-14(19)13(18)9-11/h3-6,9-10,20H,7-8H2,1-2H3,(H,21,22). The molecule has 0 aliphatic rings. The summed E-state index contributed by atoms with van der Waals surface area (Å²) in [5.41, 5.74) is 0.314. The molecule has 0 aliphatic heterocycles. The van der Waals surface area contributed by atoms with Crippen molar-refractivity contribution in [2.45, 2.75) is 11.3 Å². The third-order valence-electron chi connectivity index (χ3n) is 3.51. The molecule has 2 rings (SSSR count). The maximum absolute atomic E-state index is 13.1. The van der Waals surface area contributed by atoms with Gasteiger partial charge >= 0.3 is 0 Å². The van der Waals surface area contributed by atoms with Crippen LogP contribution >= 0.6 is 11.6 Å². The van der Waals surface area contributed by atoms with Gasteiger partial charge in [-0.15, -0.1) is 0 Å². The number of halogens is 2. The average molecular weight is 417 g/mol. The van der Waals surface area contributed by atoms with Crippen molar-refractivity contribution in [3.63, 3.8) is 0 Å². The number of rotatable bonds is 8. The molecular weight excluding hydrogens is 399 g/mol. The Hall–Kier alpha value is -2.36. The van der Waals surface area contributed by atoms with E-state index in [-0.39, 0.29) is 28.6 Å². The first-order chi connectivity index (χ1) is 12.8. The van der Waals surface area contributed by atoms with E-state index in [0.717, 1.165) is 6.07 Å². The summed E-state index contributed by atoms with van der Waals surface area (Å²) in [6.45, 7) is -0.128. The number of hydrogen-bond donors (Lipinski definition) is 2. The van der Waals surface area contributed by atoms with E-state index in [1.165, 1.54) is 44.6 Å². The van der Waals surface area contributed by atoms with Crippen molar-refractivity contribution in [2.75, 3.05) is 26.1 Å². The number of hydrogen-bond acceptors (Lipinski definition) is 5. The number of ether oxygens (including phenoxy) is 2. The van der Waals surface area contributed by atoms with Gasteiger partial charge in [0.15, 0.2) is 11.5 Å². The van der Waals surface area contributed by atoms with Gasteiger partial charge in [0.05, 0.1) is 24.1 Å². The number of amides is 1. The Morgan fingerprint density at radius 3 is 2.44 bits per heavy atom. The van der Waals surface area contributed by atoms with E-state index in [2.05, 4.69) is 10.0 Å². The van der Waals surface area contributed by atoms with Crippen molar-refractivity contribution in [2.24, 2.45) is 0 Å². The molecule has 0 saturated carbocycles. The third-order valence-corrected chi connectivity index (χ3v) is 5.26. The van der Waals surface area contributed by atoms with Gasteiger partial charge in [-0.05, 0) is 30.3 Å². The lowest BCUT2D eigenvalue weighted by molar-refractivity contribution is -0.116. The van der Waals surface area contributed by atoms with Crippen molar-refractivity contribution < 1.29 is 27.1 Å². The lowest BCUT2D eigenvalue weighted by Gasteiger charge is -2.11. The minimum atomic E-state index is -3.83. The zero-order valence-electron chi connectivity index (χ0n) is 14.6. The van der Waals surface area contributed by atoms with Crippen LogP contribution in [0.4, 0.5) is 10.1 Å². The second kappa shape index (κ2) is 9.03. The SMILES string of the molecule is COc1ccc(S(=O)(=O)NCCC(=O)Nc2ccc(F)c(Cl)c2)cc1OC. The number of carbonyl (C=O) groups excluding carboxylic acids is 1. The number of methoxy groups -OCH3 is 2. The molecule has 0 heterocycles. The van der Waals surface area contributed by atoms with Gasteiger partial charge in [-0.2, -0.15) is 0 Å². The van der Waals surface area contributed by atoms with Gasteiger partial charge in [-0.1, -0.05) is 11.6 Å². The zero-order chi connectivity index (χ0) is 20.0. The van der Waals surface area contributed by atoms with Gasteiger partial charge < -0.3 is 14.8 Å². The number of benzene rings is 2. The van der Waals surface area contributed by atoms with E-state index in [0.29, 0.717) is 11.4 Å². The predicted octanol–water partition coefficient (Wildman–Crippen LogP) is 2.80. The zero-order valence-corrected chi connectivity index (χ0v) is 16.2. The minimum absolute atomic E-state index is 0.0223. The Balaban J connectivity index is 1.95. The summed E-state index contributed by atoms with van der Waals surface area (Å²) in [7, 11) is -0.997. The van der Waals surface area contributed by atoms with E-state index in [4.69, 9.17) is 21.1 Å². The van der Waals surface area contributed by atoms with Crippen molar-refractivity contribution in [1.29, 1.82) is 0 Å². The lowest BCUT2D eigenvalue weighted by Crippen LogP contribution is -2.27. The Morgan fingerprint density at radius 2 is 1.81 bits per heavy atom. The normalized spacial score (nSPS) is 11.1. The van der Waals surface area contributed by atoms with E-state index in [1.807, 2.05) is 0 Å². The highest BCUT2D eigenvalue weighted by atomic mass is 35.5. The van der Waals surface area contributed by atoms with Gasteiger partial charge in [-0.25, -0.2) is 17.5 Å². The molecular formula is C17H18ClFN2O5S. The highest BCUT2D eigenvalue weighted by Gasteiger charge is 2.17. The van der Waals surface area contributed by atoms with E-state index < -0.39 is 21.7 Å². The molecule has 27 heavy (non-hydrogen) atoms. The average Bonchev–Trinajstić information content (AvgIpc) is 2.64. The van der Waals surface area contributed by atoms with Crippen molar-refractivity contribution in [1.82, 2.24) is 4.72 Å². The molecule has 0 fully saturated rings. The van der Waals surface area contributed by atoms with Crippen LogP contribution in [0.5, 0.6) is 11.5 Å². The first-order valence-corrected chi connectivity index (χ1v) is 9.59. The molecule has 10 heteroatoms. The summed E-state index contributed by atoms with van der Waals surface area (Å²) < 4.78 is 50.2. The van der Waals surface area contributed by atoms with Crippen LogP contribution in [0.25, 0.3) is 0 Å². The molecule has 2 aromatic rings. The molecule has 146 valence electrons. The molecule has 0 unspecified atom stereocenters. The quantitative estimate of drug-likeness (QED) is 0.690. The largest absolute Gasteiger partial charge is 0.493 e. The predicted molar refractivity (Wildman–Crippen MR) is 99.4 cm³/mol. The summed E-state index contributed by atoms with van der Waals surface area (Å²) >= 11 is 5.64. The Labute approximate surface area is 161 Å². The molecule has 0 atom stereocenters. The van der Waals surface area contributed by atoms with Gasteiger partial charge in [-0.3, -0.25) is 4.79 Å². The maximum Gasteiger partial charge on any atom is 0.240 e. The third kappa shape index (κ3) is 5.56. The van der Waals surface area contributed by atoms with Crippen LogP contribution in [-0.4, -0.2) is 35.1 Å². The summed E-state index contributed by atoms with van der Waals surface area (Å²) in [5.74, 6) is -0.384. The summed E-state index contributed by atoms with van der Waals surface area (Å²) in [5, 5.41) is 2.38. The summed E-state index contributed by atoms with van der Waals surface area (Å²) in [4.78, 5) is 11.9.